The molecule has 2 aromatic carbocycles. The average molecular weight is 292 g/mol. The molecule has 0 fully saturated rings. The number of hydrogen-bond donors (Lipinski definition) is 1. The van der Waals surface area contributed by atoms with Crippen molar-refractivity contribution >= 4 is 11.6 Å². The predicted octanol–water partition coefficient (Wildman–Crippen LogP) is 4.03. The lowest BCUT2D eigenvalue weighted by molar-refractivity contribution is 0.338. The van der Waals surface area contributed by atoms with E-state index in [1.165, 1.54) is 0 Å². The normalized spacial score (nSPS) is 10.3. The van der Waals surface area contributed by atoms with Crippen LogP contribution in [0, 0.1) is 0 Å². The van der Waals surface area contributed by atoms with Gasteiger partial charge in [0.1, 0.15) is 17.2 Å². The van der Waals surface area contributed by atoms with Gasteiger partial charge in [0, 0.05) is 11.1 Å². The van der Waals surface area contributed by atoms with Crippen LogP contribution in [0.1, 0.15) is 12.5 Å². The highest BCUT2D eigenvalue weighted by atomic mass is 35.5. The van der Waals surface area contributed by atoms with Crippen molar-refractivity contribution < 1.29 is 9.47 Å². The van der Waals surface area contributed by atoms with Crippen LogP contribution >= 0.6 is 11.6 Å². The molecule has 0 saturated heterocycles. The largest absolute Gasteiger partial charge is 0.494 e. The van der Waals surface area contributed by atoms with Gasteiger partial charge in [0.05, 0.1) is 6.61 Å². The molecule has 0 amide bonds. The molecular weight excluding hydrogens is 274 g/mol. The molecule has 2 aromatic rings. The zero-order valence-corrected chi connectivity index (χ0v) is 12.2. The predicted molar refractivity (Wildman–Crippen MR) is 81.9 cm³/mol. The minimum absolute atomic E-state index is 0.551. The molecule has 0 aliphatic heterocycles. The Bertz CT molecular complexity index is 572. The van der Waals surface area contributed by atoms with Crippen molar-refractivity contribution in [2.45, 2.75) is 13.3 Å². The molecule has 106 valence electrons. The maximum Gasteiger partial charge on any atom is 0.131 e. The van der Waals surface area contributed by atoms with Gasteiger partial charge in [-0.1, -0.05) is 17.7 Å². The van der Waals surface area contributed by atoms with Crippen molar-refractivity contribution in [2.24, 2.45) is 5.73 Å². The Balaban J connectivity index is 2.22. The van der Waals surface area contributed by atoms with Crippen molar-refractivity contribution in [3.8, 4) is 17.2 Å². The highest BCUT2D eigenvalue weighted by Crippen LogP contribution is 2.30. The monoisotopic (exact) mass is 291 g/mol. The molecule has 0 aromatic heterocycles. The molecule has 0 unspecified atom stereocenters. The van der Waals surface area contributed by atoms with E-state index in [1.807, 2.05) is 49.4 Å². The number of rotatable bonds is 6. The topological polar surface area (TPSA) is 44.5 Å². The molecule has 3 nitrogen and oxygen atoms in total. The third kappa shape index (κ3) is 3.89. The van der Waals surface area contributed by atoms with Crippen molar-refractivity contribution in [3.05, 3.63) is 53.1 Å². The van der Waals surface area contributed by atoms with Crippen molar-refractivity contribution in [2.75, 3.05) is 13.2 Å². The fourth-order valence-corrected chi connectivity index (χ4v) is 2.11. The first-order valence-electron chi connectivity index (χ1n) is 6.62. The van der Waals surface area contributed by atoms with E-state index in [9.17, 15) is 0 Å². The van der Waals surface area contributed by atoms with Gasteiger partial charge >= 0.3 is 0 Å². The second-order valence-corrected chi connectivity index (χ2v) is 4.74. The highest BCUT2D eigenvalue weighted by Gasteiger charge is 2.06. The van der Waals surface area contributed by atoms with Crippen LogP contribution in [-0.2, 0) is 6.42 Å². The van der Waals surface area contributed by atoms with E-state index >= 15 is 0 Å². The maximum absolute atomic E-state index is 6.01. The quantitative estimate of drug-likeness (QED) is 0.874. The first kappa shape index (κ1) is 14.7. The Morgan fingerprint density at radius 3 is 2.65 bits per heavy atom. The summed E-state index contributed by atoms with van der Waals surface area (Å²) in [5.74, 6) is 2.30. The Labute approximate surface area is 124 Å². The van der Waals surface area contributed by atoms with Crippen molar-refractivity contribution in [1.82, 2.24) is 0 Å². The molecule has 20 heavy (non-hydrogen) atoms. The van der Waals surface area contributed by atoms with E-state index in [0.29, 0.717) is 18.2 Å². The minimum atomic E-state index is 0.551. The summed E-state index contributed by atoms with van der Waals surface area (Å²) in [4.78, 5) is 0. The summed E-state index contributed by atoms with van der Waals surface area (Å²) in [6.45, 7) is 3.13. The Morgan fingerprint density at radius 2 is 1.90 bits per heavy atom. The summed E-state index contributed by atoms with van der Waals surface area (Å²) in [5.41, 5.74) is 6.62. The van der Waals surface area contributed by atoms with E-state index in [4.69, 9.17) is 26.8 Å². The number of hydrogen-bond acceptors (Lipinski definition) is 3. The van der Waals surface area contributed by atoms with Crippen LogP contribution in [0.15, 0.2) is 42.5 Å². The molecule has 0 spiro atoms. The van der Waals surface area contributed by atoms with Crippen molar-refractivity contribution in [3.63, 3.8) is 0 Å². The molecule has 0 aliphatic rings. The first-order valence-corrected chi connectivity index (χ1v) is 7.00. The molecule has 4 heteroatoms. The summed E-state index contributed by atoms with van der Waals surface area (Å²) in [6, 6.07) is 13.1. The van der Waals surface area contributed by atoms with Gasteiger partial charge < -0.3 is 15.2 Å². The van der Waals surface area contributed by atoms with Gasteiger partial charge in [-0.15, -0.1) is 0 Å². The van der Waals surface area contributed by atoms with Crippen LogP contribution in [-0.4, -0.2) is 13.2 Å². The maximum atomic E-state index is 6.01. The smallest absolute Gasteiger partial charge is 0.131 e. The van der Waals surface area contributed by atoms with Gasteiger partial charge in [-0.05, 0) is 55.8 Å². The second kappa shape index (κ2) is 7.17. The van der Waals surface area contributed by atoms with Crippen LogP contribution in [0.2, 0.25) is 5.02 Å². The van der Waals surface area contributed by atoms with Gasteiger partial charge in [0.25, 0.3) is 0 Å². The molecule has 0 bridgehead atoms. The minimum Gasteiger partial charge on any atom is -0.494 e. The first-order chi connectivity index (χ1) is 9.72. The molecule has 0 radical (unpaired) electrons. The Hall–Kier alpha value is -1.71. The third-order valence-electron chi connectivity index (χ3n) is 2.78. The van der Waals surface area contributed by atoms with E-state index in [2.05, 4.69) is 0 Å². The van der Waals surface area contributed by atoms with Crippen LogP contribution in [0.5, 0.6) is 17.2 Å². The van der Waals surface area contributed by atoms with Crippen LogP contribution in [0.3, 0.4) is 0 Å². The fourth-order valence-electron chi connectivity index (χ4n) is 1.92. The van der Waals surface area contributed by atoms with Gasteiger partial charge in [0.15, 0.2) is 0 Å². The fraction of sp³-hybridized carbons (Fsp3) is 0.250. The van der Waals surface area contributed by atoms with E-state index in [0.717, 1.165) is 29.2 Å². The Morgan fingerprint density at radius 1 is 1.10 bits per heavy atom. The number of benzene rings is 2. The number of ether oxygens (including phenoxy) is 2. The average Bonchev–Trinajstić information content (AvgIpc) is 2.43. The molecule has 2 rings (SSSR count). The lowest BCUT2D eigenvalue weighted by Crippen LogP contribution is -2.04. The molecule has 0 atom stereocenters. The van der Waals surface area contributed by atoms with Gasteiger partial charge in [-0.2, -0.15) is 0 Å². The summed E-state index contributed by atoms with van der Waals surface area (Å²) in [7, 11) is 0. The van der Waals surface area contributed by atoms with E-state index in [-0.39, 0.29) is 0 Å². The molecule has 0 aliphatic carbocycles. The molecular formula is C16H18ClNO2. The van der Waals surface area contributed by atoms with E-state index < -0.39 is 0 Å². The summed E-state index contributed by atoms with van der Waals surface area (Å²) < 4.78 is 11.4. The van der Waals surface area contributed by atoms with Crippen molar-refractivity contribution in [1.29, 1.82) is 0 Å². The zero-order valence-electron chi connectivity index (χ0n) is 11.4. The van der Waals surface area contributed by atoms with Crippen LogP contribution < -0.4 is 15.2 Å². The lowest BCUT2D eigenvalue weighted by atomic mass is 10.1. The summed E-state index contributed by atoms with van der Waals surface area (Å²) in [6.07, 6.45) is 0.723. The third-order valence-corrected chi connectivity index (χ3v) is 3.02. The highest BCUT2D eigenvalue weighted by molar-refractivity contribution is 6.30. The van der Waals surface area contributed by atoms with E-state index in [1.54, 1.807) is 0 Å². The zero-order chi connectivity index (χ0) is 14.4. The second-order valence-electron chi connectivity index (χ2n) is 4.30. The summed E-state index contributed by atoms with van der Waals surface area (Å²) >= 11 is 6.01. The number of halogens is 1. The molecule has 0 saturated carbocycles. The van der Waals surface area contributed by atoms with Crippen LogP contribution in [0.4, 0.5) is 0 Å². The molecule has 2 N–H and O–H groups in total. The van der Waals surface area contributed by atoms with Gasteiger partial charge in [-0.25, -0.2) is 0 Å². The standard InChI is InChI=1S/C16H18ClNO2/c1-2-19-14-4-3-5-15(11-14)20-16-7-6-13(17)10-12(16)8-9-18/h3-7,10-11H,2,8-9,18H2,1H3. The molecule has 0 heterocycles. The lowest BCUT2D eigenvalue weighted by Gasteiger charge is -2.12. The Kier molecular flexibility index (Phi) is 5.27. The number of nitrogens with two attached hydrogens (primary N) is 1. The summed E-state index contributed by atoms with van der Waals surface area (Å²) in [5, 5.41) is 0.684. The van der Waals surface area contributed by atoms with Gasteiger partial charge in [-0.3, -0.25) is 0 Å². The van der Waals surface area contributed by atoms with Crippen LogP contribution in [0.25, 0.3) is 0 Å². The van der Waals surface area contributed by atoms with Gasteiger partial charge in [0.2, 0.25) is 0 Å². The SMILES string of the molecule is CCOc1cccc(Oc2ccc(Cl)cc2CCN)c1.